The molecule has 0 saturated carbocycles. The van der Waals surface area contributed by atoms with Gasteiger partial charge in [-0.15, -0.1) is 0 Å². The first-order valence-corrected chi connectivity index (χ1v) is 5.50. The molecule has 1 aromatic carbocycles. The first-order valence-electron chi connectivity index (χ1n) is 5.50. The Morgan fingerprint density at radius 1 is 1.53 bits per heavy atom. The third-order valence-corrected chi connectivity index (χ3v) is 2.84. The minimum Gasteiger partial charge on any atom is -0.495 e. The van der Waals surface area contributed by atoms with Gasteiger partial charge in [-0.2, -0.15) is 5.26 Å². The highest BCUT2D eigenvalue weighted by Crippen LogP contribution is 2.20. The number of nitriles is 1. The molecular formula is C13H18N2O2. The maximum atomic E-state index is 9.06. The molecule has 0 bridgehead atoms. The van der Waals surface area contributed by atoms with Crippen LogP contribution in [0.1, 0.15) is 18.1 Å². The molecule has 0 spiro atoms. The van der Waals surface area contributed by atoms with Crippen LogP contribution in [0.15, 0.2) is 18.2 Å². The van der Waals surface area contributed by atoms with E-state index in [4.69, 9.17) is 15.1 Å². The van der Waals surface area contributed by atoms with E-state index in [0.29, 0.717) is 17.9 Å². The van der Waals surface area contributed by atoms with Crippen LogP contribution in [0.4, 0.5) is 0 Å². The Labute approximate surface area is 102 Å². The summed E-state index contributed by atoms with van der Waals surface area (Å²) in [4.78, 5) is 2.04. The molecule has 0 amide bonds. The number of rotatable bonds is 5. The maximum absolute atomic E-state index is 9.06. The van der Waals surface area contributed by atoms with Gasteiger partial charge in [-0.3, -0.25) is 4.90 Å². The first-order chi connectivity index (χ1) is 8.12. The van der Waals surface area contributed by atoms with Crippen molar-refractivity contribution < 1.29 is 9.84 Å². The number of hydrogen-bond acceptors (Lipinski definition) is 4. The number of hydrogen-bond donors (Lipinski definition) is 1. The second-order valence-corrected chi connectivity index (χ2v) is 4.09. The lowest BCUT2D eigenvalue weighted by Gasteiger charge is -2.23. The topological polar surface area (TPSA) is 56.5 Å². The van der Waals surface area contributed by atoms with Gasteiger partial charge in [0, 0.05) is 12.6 Å². The third kappa shape index (κ3) is 3.45. The highest BCUT2D eigenvalue weighted by molar-refractivity contribution is 5.45. The number of nitrogens with zero attached hydrogens (tertiary/aromatic N) is 2. The number of aliphatic hydroxyl groups excluding tert-OH is 1. The Hall–Kier alpha value is -1.57. The summed E-state index contributed by atoms with van der Waals surface area (Å²) in [7, 11) is 3.51. The summed E-state index contributed by atoms with van der Waals surface area (Å²) in [6.07, 6.45) is 0. The molecular weight excluding hydrogens is 216 g/mol. The van der Waals surface area contributed by atoms with Gasteiger partial charge >= 0.3 is 0 Å². The van der Waals surface area contributed by atoms with E-state index in [1.165, 1.54) is 0 Å². The van der Waals surface area contributed by atoms with E-state index < -0.39 is 0 Å². The predicted octanol–water partition coefficient (Wildman–Crippen LogP) is 1.38. The third-order valence-electron chi connectivity index (χ3n) is 2.84. The predicted molar refractivity (Wildman–Crippen MR) is 65.7 cm³/mol. The van der Waals surface area contributed by atoms with Crippen molar-refractivity contribution >= 4 is 0 Å². The van der Waals surface area contributed by atoms with Gasteiger partial charge in [0.1, 0.15) is 11.8 Å². The molecule has 4 heteroatoms. The number of benzene rings is 1. The van der Waals surface area contributed by atoms with E-state index in [2.05, 4.69) is 6.07 Å². The smallest absolute Gasteiger partial charge is 0.136 e. The van der Waals surface area contributed by atoms with E-state index in [9.17, 15) is 0 Å². The standard InChI is InChI=1S/C13H18N2O2/c1-10(9-16)15(2)8-11-4-5-12(7-14)13(6-11)17-3/h4-6,10,16H,8-9H2,1-3H3. The molecule has 0 aliphatic heterocycles. The summed E-state index contributed by atoms with van der Waals surface area (Å²) in [6, 6.07) is 7.71. The van der Waals surface area contributed by atoms with Crippen LogP contribution >= 0.6 is 0 Å². The SMILES string of the molecule is COc1cc(CN(C)C(C)CO)ccc1C#N. The Bertz CT molecular complexity index is 412. The van der Waals surface area contributed by atoms with Crippen LogP contribution in [0.3, 0.4) is 0 Å². The number of aliphatic hydroxyl groups is 1. The maximum Gasteiger partial charge on any atom is 0.136 e. The highest BCUT2D eigenvalue weighted by Gasteiger charge is 2.10. The van der Waals surface area contributed by atoms with Gasteiger partial charge in [0.2, 0.25) is 0 Å². The molecule has 92 valence electrons. The molecule has 0 aliphatic carbocycles. The van der Waals surface area contributed by atoms with Crippen molar-refractivity contribution in [3.8, 4) is 11.8 Å². The molecule has 0 heterocycles. The van der Waals surface area contributed by atoms with Crippen molar-refractivity contribution in [2.45, 2.75) is 19.5 Å². The van der Waals surface area contributed by atoms with Gasteiger partial charge in [0.05, 0.1) is 19.3 Å². The molecule has 0 radical (unpaired) electrons. The van der Waals surface area contributed by atoms with Crippen LogP contribution in [-0.4, -0.2) is 36.8 Å². The zero-order valence-electron chi connectivity index (χ0n) is 10.5. The summed E-state index contributed by atoms with van der Waals surface area (Å²) >= 11 is 0. The van der Waals surface area contributed by atoms with Gasteiger partial charge in [0.25, 0.3) is 0 Å². The average Bonchev–Trinajstić information content (AvgIpc) is 2.37. The lowest BCUT2D eigenvalue weighted by Crippen LogP contribution is -2.31. The minimum absolute atomic E-state index is 0.108. The number of likely N-dealkylation sites (N-methyl/N-ethyl adjacent to an activating group) is 1. The molecule has 0 aromatic heterocycles. The zero-order valence-corrected chi connectivity index (χ0v) is 10.5. The number of methoxy groups -OCH3 is 1. The largest absolute Gasteiger partial charge is 0.495 e. The average molecular weight is 234 g/mol. The molecule has 0 fully saturated rings. The van der Waals surface area contributed by atoms with E-state index in [1.54, 1.807) is 13.2 Å². The van der Waals surface area contributed by atoms with Crippen molar-refractivity contribution in [2.75, 3.05) is 20.8 Å². The Morgan fingerprint density at radius 3 is 2.76 bits per heavy atom. The molecule has 4 nitrogen and oxygen atoms in total. The molecule has 1 rings (SSSR count). The first kappa shape index (κ1) is 13.5. The minimum atomic E-state index is 0.108. The Balaban J connectivity index is 2.83. The molecule has 17 heavy (non-hydrogen) atoms. The fourth-order valence-corrected chi connectivity index (χ4v) is 1.51. The summed E-state index contributed by atoms with van der Waals surface area (Å²) in [6.45, 7) is 2.80. The lowest BCUT2D eigenvalue weighted by atomic mass is 10.1. The van der Waals surface area contributed by atoms with Crippen LogP contribution in [-0.2, 0) is 6.54 Å². The van der Waals surface area contributed by atoms with Gasteiger partial charge in [0.15, 0.2) is 0 Å². The quantitative estimate of drug-likeness (QED) is 0.836. The van der Waals surface area contributed by atoms with E-state index in [-0.39, 0.29) is 12.6 Å². The van der Waals surface area contributed by atoms with Crippen molar-refractivity contribution in [1.29, 1.82) is 5.26 Å². The highest BCUT2D eigenvalue weighted by atomic mass is 16.5. The Morgan fingerprint density at radius 2 is 2.24 bits per heavy atom. The van der Waals surface area contributed by atoms with E-state index >= 15 is 0 Å². The van der Waals surface area contributed by atoms with Crippen LogP contribution < -0.4 is 4.74 Å². The van der Waals surface area contributed by atoms with Crippen LogP contribution in [0.2, 0.25) is 0 Å². The van der Waals surface area contributed by atoms with Crippen molar-refractivity contribution in [3.05, 3.63) is 29.3 Å². The summed E-state index contributed by atoms with van der Waals surface area (Å²) < 4.78 is 5.15. The summed E-state index contributed by atoms with van der Waals surface area (Å²) in [5, 5.41) is 17.9. The fraction of sp³-hybridized carbons (Fsp3) is 0.462. The van der Waals surface area contributed by atoms with Crippen molar-refractivity contribution in [1.82, 2.24) is 4.90 Å². The second-order valence-electron chi connectivity index (χ2n) is 4.09. The number of ether oxygens (including phenoxy) is 1. The van der Waals surface area contributed by atoms with Gasteiger partial charge in [-0.1, -0.05) is 6.07 Å². The molecule has 1 N–H and O–H groups in total. The van der Waals surface area contributed by atoms with Crippen molar-refractivity contribution in [2.24, 2.45) is 0 Å². The molecule has 1 atom stereocenters. The monoisotopic (exact) mass is 234 g/mol. The Kier molecular flexibility index (Phi) is 4.95. The second kappa shape index (κ2) is 6.24. The normalized spacial score (nSPS) is 12.2. The van der Waals surface area contributed by atoms with Crippen LogP contribution in [0, 0.1) is 11.3 Å². The molecule has 0 aliphatic rings. The molecule has 0 saturated heterocycles. The zero-order chi connectivity index (χ0) is 12.8. The molecule has 1 aromatic rings. The van der Waals surface area contributed by atoms with Crippen molar-refractivity contribution in [3.63, 3.8) is 0 Å². The summed E-state index contributed by atoms with van der Waals surface area (Å²) in [5.74, 6) is 0.593. The van der Waals surface area contributed by atoms with Crippen LogP contribution in [0.5, 0.6) is 5.75 Å². The van der Waals surface area contributed by atoms with Gasteiger partial charge < -0.3 is 9.84 Å². The molecule has 1 unspecified atom stereocenters. The van der Waals surface area contributed by atoms with E-state index in [0.717, 1.165) is 5.56 Å². The lowest BCUT2D eigenvalue weighted by molar-refractivity contribution is 0.154. The van der Waals surface area contributed by atoms with Crippen LogP contribution in [0.25, 0.3) is 0 Å². The van der Waals surface area contributed by atoms with Gasteiger partial charge in [-0.05, 0) is 31.7 Å². The fourth-order valence-electron chi connectivity index (χ4n) is 1.51. The summed E-state index contributed by atoms with van der Waals surface area (Å²) in [5.41, 5.74) is 1.60. The van der Waals surface area contributed by atoms with E-state index in [1.807, 2.05) is 31.0 Å². The van der Waals surface area contributed by atoms with Gasteiger partial charge in [-0.25, -0.2) is 0 Å².